The molecule has 1 aromatic heterocycles. The predicted octanol–water partition coefficient (Wildman–Crippen LogP) is 3.88. The number of hydrogen-bond donors (Lipinski definition) is 1. The Balaban J connectivity index is 2.50. The molecule has 1 unspecified atom stereocenters. The molecule has 2 nitrogen and oxygen atoms in total. The first-order valence-electron chi connectivity index (χ1n) is 5.19. The zero-order valence-corrected chi connectivity index (χ0v) is 10.2. The molecular weight excluding hydrogens is 263 g/mol. The van der Waals surface area contributed by atoms with Gasteiger partial charge in [-0.15, -0.1) is 11.3 Å². The van der Waals surface area contributed by atoms with Gasteiger partial charge in [-0.3, -0.25) is 0 Å². The number of halogens is 3. The fourth-order valence-electron chi connectivity index (χ4n) is 1.56. The Labute approximate surface area is 106 Å². The van der Waals surface area contributed by atoms with E-state index in [1.165, 1.54) is 30.5 Å². The average molecular weight is 273 g/mol. The predicted molar refractivity (Wildman–Crippen MR) is 63.2 cm³/mol. The molecule has 1 N–H and O–H groups in total. The molecule has 6 heteroatoms. The van der Waals surface area contributed by atoms with Crippen LogP contribution < -0.4 is 0 Å². The van der Waals surface area contributed by atoms with Crippen molar-refractivity contribution < 1.29 is 18.3 Å². The summed E-state index contributed by atoms with van der Waals surface area (Å²) in [4.78, 5) is 4.02. The van der Waals surface area contributed by atoms with Gasteiger partial charge in [0.1, 0.15) is 11.1 Å². The molecule has 0 amide bonds. The zero-order chi connectivity index (χ0) is 13.3. The summed E-state index contributed by atoms with van der Waals surface area (Å²) in [5.74, 6) is 0. The normalized spacial score (nSPS) is 13.6. The molecule has 0 spiro atoms. The van der Waals surface area contributed by atoms with Gasteiger partial charge < -0.3 is 5.11 Å². The summed E-state index contributed by atoms with van der Waals surface area (Å²) < 4.78 is 38.5. The van der Waals surface area contributed by atoms with Crippen molar-refractivity contribution in [1.29, 1.82) is 0 Å². The lowest BCUT2D eigenvalue weighted by molar-refractivity contribution is -0.137. The molecule has 0 fully saturated rings. The molecule has 0 saturated heterocycles. The first-order chi connectivity index (χ1) is 8.39. The number of hydrogen-bond acceptors (Lipinski definition) is 3. The molecule has 18 heavy (non-hydrogen) atoms. The van der Waals surface area contributed by atoms with E-state index < -0.39 is 17.8 Å². The van der Waals surface area contributed by atoms with Crippen molar-refractivity contribution in [1.82, 2.24) is 4.98 Å². The van der Waals surface area contributed by atoms with Gasteiger partial charge in [0.05, 0.1) is 11.3 Å². The fourth-order valence-corrected chi connectivity index (χ4v) is 2.32. The highest BCUT2D eigenvalue weighted by Gasteiger charge is 2.33. The summed E-state index contributed by atoms with van der Waals surface area (Å²) in [5, 5.41) is 11.3. The largest absolute Gasteiger partial charge is 0.417 e. The third kappa shape index (κ3) is 2.54. The number of alkyl halides is 3. The van der Waals surface area contributed by atoms with E-state index in [0.717, 1.165) is 17.4 Å². The van der Waals surface area contributed by atoms with Crippen LogP contribution in [-0.2, 0) is 6.18 Å². The van der Waals surface area contributed by atoms with Crippen molar-refractivity contribution in [2.24, 2.45) is 0 Å². The lowest BCUT2D eigenvalue weighted by Gasteiger charge is -2.10. The second kappa shape index (κ2) is 4.70. The number of nitrogens with zero attached hydrogens (tertiary/aromatic N) is 1. The van der Waals surface area contributed by atoms with Gasteiger partial charge in [0.2, 0.25) is 0 Å². The number of rotatable bonds is 2. The van der Waals surface area contributed by atoms with E-state index in [2.05, 4.69) is 4.98 Å². The van der Waals surface area contributed by atoms with Gasteiger partial charge in [-0.2, -0.15) is 13.2 Å². The molecule has 0 saturated carbocycles. The quantitative estimate of drug-likeness (QED) is 0.900. The fraction of sp³-hybridized carbons (Fsp3) is 0.250. The van der Waals surface area contributed by atoms with Crippen molar-refractivity contribution in [3.63, 3.8) is 0 Å². The highest BCUT2D eigenvalue weighted by Crippen LogP contribution is 2.37. The number of aromatic nitrogens is 1. The highest BCUT2D eigenvalue weighted by atomic mass is 32.1. The Kier molecular flexibility index (Phi) is 3.41. The van der Waals surface area contributed by atoms with Gasteiger partial charge in [0.15, 0.2) is 0 Å². The minimum Gasteiger partial charge on any atom is -0.386 e. The van der Waals surface area contributed by atoms with Crippen molar-refractivity contribution in [3.8, 4) is 11.3 Å². The number of benzene rings is 1. The van der Waals surface area contributed by atoms with Gasteiger partial charge in [-0.1, -0.05) is 18.2 Å². The van der Waals surface area contributed by atoms with Crippen LogP contribution in [0.4, 0.5) is 13.2 Å². The van der Waals surface area contributed by atoms with Gasteiger partial charge in [-0.25, -0.2) is 4.98 Å². The zero-order valence-electron chi connectivity index (χ0n) is 9.40. The first kappa shape index (κ1) is 13.0. The van der Waals surface area contributed by atoms with E-state index in [4.69, 9.17) is 0 Å². The number of aliphatic hydroxyl groups is 1. The molecule has 96 valence electrons. The minimum atomic E-state index is -4.41. The third-order valence-electron chi connectivity index (χ3n) is 2.39. The Bertz CT molecular complexity index is 548. The van der Waals surface area contributed by atoms with Crippen LogP contribution in [0.1, 0.15) is 23.6 Å². The standard InChI is InChI=1S/C12H10F3NOS/c1-7(17)11-16-10(6-18-11)8-4-2-3-5-9(8)12(13,14)15/h2-7,17H,1H3. The molecule has 0 aliphatic heterocycles. The van der Waals surface area contributed by atoms with Crippen molar-refractivity contribution >= 4 is 11.3 Å². The molecule has 0 bridgehead atoms. The molecule has 0 radical (unpaired) electrons. The van der Waals surface area contributed by atoms with Crippen LogP contribution in [-0.4, -0.2) is 10.1 Å². The summed E-state index contributed by atoms with van der Waals surface area (Å²) in [5.41, 5.74) is -0.440. The van der Waals surface area contributed by atoms with E-state index in [-0.39, 0.29) is 11.3 Å². The maximum absolute atomic E-state index is 12.8. The average Bonchev–Trinajstić information content (AvgIpc) is 2.77. The summed E-state index contributed by atoms with van der Waals surface area (Å²) in [6, 6.07) is 5.28. The van der Waals surface area contributed by atoms with Crippen LogP contribution in [0.3, 0.4) is 0 Å². The van der Waals surface area contributed by atoms with Gasteiger partial charge in [0, 0.05) is 10.9 Å². The van der Waals surface area contributed by atoms with E-state index in [0.29, 0.717) is 5.01 Å². The minimum absolute atomic E-state index is 0.0353. The number of aliphatic hydroxyl groups excluding tert-OH is 1. The van der Waals surface area contributed by atoms with Gasteiger partial charge in [-0.05, 0) is 13.0 Å². The second-order valence-electron chi connectivity index (χ2n) is 3.79. The topological polar surface area (TPSA) is 33.1 Å². The van der Waals surface area contributed by atoms with Gasteiger partial charge in [0.25, 0.3) is 0 Å². The maximum Gasteiger partial charge on any atom is 0.417 e. The summed E-state index contributed by atoms with van der Waals surface area (Å²) in [6.45, 7) is 1.53. The second-order valence-corrected chi connectivity index (χ2v) is 4.68. The Morgan fingerprint density at radius 3 is 2.50 bits per heavy atom. The lowest BCUT2D eigenvalue weighted by atomic mass is 10.1. The van der Waals surface area contributed by atoms with Crippen molar-refractivity contribution in [2.45, 2.75) is 19.2 Å². The molecule has 1 atom stereocenters. The monoisotopic (exact) mass is 273 g/mol. The highest BCUT2D eigenvalue weighted by molar-refractivity contribution is 7.10. The van der Waals surface area contributed by atoms with E-state index >= 15 is 0 Å². The van der Waals surface area contributed by atoms with Crippen molar-refractivity contribution in [2.75, 3.05) is 0 Å². The van der Waals surface area contributed by atoms with E-state index in [1.54, 1.807) is 0 Å². The Hall–Kier alpha value is -1.40. The summed E-state index contributed by atoms with van der Waals surface area (Å²) in [7, 11) is 0. The van der Waals surface area contributed by atoms with Crippen LogP contribution in [0.15, 0.2) is 29.6 Å². The summed E-state index contributed by atoms with van der Waals surface area (Å²) >= 11 is 1.14. The van der Waals surface area contributed by atoms with Crippen LogP contribution in [0.2, 0.25) is 0 Å². The van der Waals surface area contributed by atoms with Crippen LogP contribution in [0.5, 0.6) is 0 Å². The SMILES string of the molecule is CC(O)c1nc(-c2ccccc2C(F)(F)F)cs1. The molecule has 2 aromatic rings. The van der Waals surface area contributed by atoms with Crippen LogP contribution in [0.25, 0.3) is 11.3 Å². The van der Waals surface area contributed by atoms with Crippen LogP contribution >= 0.6 is 11.3 Å². The molecule has 0 aliphatic carbocycles. The molecule has 2 rings (SSSR count). The Morgan fingerprint density at radius 1 is 1.28 bits per heavy atom. The Morgan fingerprint density at radius 2 is 1.94 bits per heavy atom. The molecular formula is C12H10F3NOS. The van der Waals surface area contributed by atoms with Crippen LogP contribution in [0, 0.1) is 0 Å². The lowest BCUT2D eigenvalue weighted by Crippen LogP contribution is -2.07. The maximum atomic E-state index is 12.8. The van der Waals surface area contributed by atoms with Crippen molar-refractivity contribution in [3.05, 3.63) is 40.2 Å². The molecule has 1 heterocycles. The van der Waals surface area contributed by atoms with E-state index in [9.17, 15) is 18.3 Å². The number of thiazole rings is 1. The molecule has 1 aromatic carbocycles. The summed E-state index contributed by atoms with van der Waals surface area (Å²) in [6.07, 6.45) is -5.19. The third-order valence-corrected chi connectivity index (χ3v) is 3.40. The molecule has 0 aliphatic rings. The van der Waals surface area contributed by atoms with Gasteiger partial charge >= 0.3 is 6.18 Å². The first-order valence-corrected chi connectivity index (χ1v) is 6.07. The smallest absolute Gasteiger partial charge is 0.386 e. The van der Waals surface area contributed by atoms with E-state index in [1.807, 2.05) is 0 Å².